The highest BCUT2D eigenvalue weighted by Gasteiger charge is 2.41. The number of fused-ring (bicyclic) bond motifs is 2. The Labute approximate surface area is 81.0 Å². The molecule has 0 spiro atoms. The number of hydrogen-bond donors (Lipinski definition) is 1. The summed E-state index contributed by atoms with van der Waals surface area (Å²) in [5.41, 5.74) is 0. The van der Waals surface area contributed by atoms with Gasteiger partial charge in [-0.3, -0.25) is 0 Å². The van der Waals surface area contributed by atoms with Gasteiger partial charge >= 0.3 is 0 Å². The van der Waals surface area contributed by atoms with E-state index in [9.17, 15) is 0 Å². The molecule has 0 saturated heterocycles. The summed E-state index contributed by atoms with van der Waals surface area (Å²) in [5, 5.41) is 2.57. The highest BCUT2D eigenvalue weighted by atomic mass is 16.5. The minimum atomic E-state index is 0.928. The molecule has 0 aliphatic heterocycles. The van der Waals surface area contributed by atoms with Crippen molar-refractivity contribution in [3.05, 3.63) is 0 Å². The summed E-state index contributed by atoms with van der Waals surface area (Å²) in [5.74, 6) is 2.15. The Morgan fingerprint density at radius 3 is 2.85 bits per heavy atom. The second-order valence-electron chi connectivity index (χ2n) is 4.71. The Morgan fingerprint density at radius 1 is 1.31 bits per heavy atom. The molecule has 0 radical (unpaired) electrons. The van der Waals surface area contributed by atoms with Crippen molar-refractivity contribution in [2.45, 2.75) is 38.1 Å². The Kier molecular flexibility index (Phi) is 3.23. The fourth-order valence-electron chi connectivity index (χ4n) is 3.14. The lowest BCUT2D eigenvalue weighted by Crippen LogP contribution is -2.91. The highest BCUT2D eigenvalue weighted by Crippen LogP contribution is 2.42. The predicted molar refractivity (Wildman–Crippen MR) is 52.5 cm³/mol. The second-order valence-corrected chi connectivity index (χ2v) is 4.71. The van der Waals surface area contributed by atoms with Gasteiger partial charge < -0.3 is 10.1 Å². The molecule has 2 heteroatoms. The zero-order valence-corrected chi connectivity index (χ0v) is 8.67. The third-order valence-electron chi connectivity index (χ3n) is 3.81. The molecule has 3 atom stereocenters. The first-order valence-electron chi connectivity index (χ1n) is 5.72. The van der Waals surface area contributed by atoms with Crippen LogP contribution in [0.5, 0.6) is 0 Å². The van der Waals surface area contributed by atoms with Crippen LogP contribution in [0.4, 0.5) is 0 Å². The first-order chi connectivity index (χ1) is 6.40. The molecule has 13 heavy (non-hydrogen) atoms. The van der Waals surface area contributed by atoms with Crippen LogP contribution >= 0.6 is 0 Å². The van der Waals surface area contributed by atoms with Crippen molar-refractivity contribution in [1.29, 1.82) is 0 Å². The van der Waals surface area contributed by atoms with Gasteiger partial charge in [0.05, 0.1) is 19.2 Å². The molecule has 0 aromatic heterocycles. The number of nitrogens with two attached hydrogens (primary N) is 1. The van der Waals surface area contributed by atoms with Crippen LogP contribution in [-0.4, -0.2) is 26.3 Å². The van der Waals surface area contributed by atoms with Crippen LogP contribution in [0.2, 0.25) is 0 Å². The van der Waals surface area contributed by atoms with Gasteiger partial charge in [0, 0.05) is 25.9 Å². The lowest BCUT2D eigenvalue weighted by atomic mass is 9.95. The topological polar surface area (TPSA) is 25.8 Å². The zero-order valence-electron chi connectivity index (χ0n) is 8.67. The first-order valence-corrected chi connectivity index (χ1v) is 5.72. The molecule has 2 aliphatic rings. The fourth-order valence-corrected chi connectivity index (χ4v) is 3.14. The average Bonchev–Trinajstić information content (AvgIpc) is 2.73. The Bertz CT molecular complexity index is 160. The summed E-state index contributed by atoms with van der Waals surface area (Å²) in [4.78, 5) is 0. The maximum Gasteiger partial charge on any atom is 0.0890 e. The number of rotatable bonds is 5. The number of ether oxygens (including phenoxy) is 1. The molecule has 2 nitrogen and oxygen atoms in total. The monoisotopic (exact) mass is 184 g/mol. The molecule has 2 fully saturated rings. The molecule has 0 unspecified atom stereocenters. The van der Waals surface area contributed by atoms with E-state index in [2.05, 4.69) is 5.32 Å². The first kappa shape index (κ1) is 9.47. The van der Waals surface area contributed by atoms with E-state index in [1.807, 2.05) is 0 Å². The van der Waals surface area contributed by atoms with Gasteiger partial charge in [-0.05, 0) is 25.2 Å². The van der Waals surface area contributed by atoms with E-state index < -0.39 is 0 Å². The van der Waals surface area contributed by atoms with Crippen LogP contribution in [0.1, 0.15) is 32.1 Å². The normalized spacial score (nSPS) is 37.2. The van der Waals surface area contributed by atoms with Gasteiger partial charge in [-0.15, -0.1) is 0 Å². The Balaban J connectivity index is 1.60. The average molecular weight is 184 g/mol. The summed E-state index contributed by atoms with van der Waals surface area (Å²) in [6.07, 6.45) is 7.27. The van der Waals surface area contributed by atoms with Crippen molar-refractivity contribution < 1.29 is 10.1 Å². The van der Waals surface area contributed by atoms with Gasteiger partial charge in [0.2, 0.25) is 0 Å². The van der Waals surface area contributed by atoms with E-state index in [1.54, 1.807) is 7.11 Å². The van der Waals surface area contributed by atoms with Crippen LogP contribution in [0.25, 0.3) is 0 Å². The molecular weight excluding hydrogens is 162 g/mol. The van der Waals surface area contributed by atoms with Crippen molar-refractivity contribution in [1.82, 2.24) is 0 Å². The molecule has 2 aliphatic carbocycles. The third kappa shape index (κ3) is 2.23. The third-order valence-corrected chi connectivity index (χ3v) is 3.81. The Morgan fingerprint density at radius 2 is 2.23 bits per heavy atom. The van der Waals surface area contributed by atoms with Gasteiger partial charge in [0.15, 0.2) is 0 Å². The van der Waals surface area contributed by atoms with Crippen LogP contribution in [-0.2, 0) is 4.74 Å². The fraction of sp³-hybridized carbons (Fsp3) is 1.00. The molecule has 2 rings (SSSR count). The summed E-state index contributed by atoms with van der Waals surface area (Å²) >= 11 is 0. The number of hydrogen-bond acceptors (Lipinski definition) is 1. The molecule has 0 aromatic carbocycles. The van der Waals surface area contributed by atoms with Crippen LogP contribution in [0.3, 0.4) is 0 Å². The molecule has 2 bridgehead atoms. The molecule has 2 N–H and O–H groups in total. The maximum atomic E-state index is 5.05. The zero-order chi connectivity index (χ0) is 9.10. The molecule has 0 amide bonds. The SMILES string of the molecule is COCCC[NH2+][C@@H]1C[C@@H]2CC[C@H]1C2. The van der Waals surface area contributed by atoms with E-state index in [0.29, 0.717) is 0 Å². The van der Waals surface area contributed by atoms with Crippen LogP contribution in [0.15, 0.2) is 0 Å². The van der Waals surface area contributed by atoms with E-state index in [-0.39, 0.29) is 0 Å². The van der Waals surface area contributed by atoms with Crippen LogP contribution < -0.4 is 5.32 Å². The van der Waals surface area contributed by atoms with Gasteiger partial charge in [0.1, 0.15) is 0 Å². The lowest BCUT2D eigenvalue weighted by molar-refractivity contribution is -0.695. The quantitative estimate of drug-likeness (QED) is 0.628. The van der Waals surface area contributed by atoms with Crippen LogP contribution in [0, 0.1) is 11.8 Å². The standard InChI is InChI=1S/C11H21NO/c1-13-6-2-5-12-11-8-9-3-4-10(11)7-9/h9-12H,2-8H2,1H3/p+1/t9-,10+,11-/m1/s1. The van der Waals surface area contributed by atoms with Gasteiger partial charge in [-0.25, -0.2) is 0 Å². The lowest BCUT2D eigenvalue weighted by Gasteiger charge is -2.19. The largest absolute Gasteiger partial charge is 0.384 e. The molecule has 76 valence electrons. The minimum absolute atomic E-state index is 0.928. The van der Waals surface area contributed by atoms with Crippen molar-refractivity contribution in [2.75, 3.05) is 20.3 Å². The molecule has 0 aromatic rings. The van der Waals surface area contributed by atoms with E-state index in [4.69, 9.17) is 4.74 Å². The van der Waals surface area contributed by atoms with Gasteiger partial charge in [-0.1, -0.05) is 0 Å². The van der Waals surface area contributed by atoms with Crippen molar-refractivity contribution in [3.8, 4) is 0 Å². The number of quaternary nitrogens is 1. The highest BCUT2D eigenvalue weighted by molar-refractivity contribution is 4.89. The summed E-state index contributed by atoms with van der Waals surface area (Å²) in [6, 6.07) is 0.968. The van der Waals surface area contributed by atoms with Crippen molar-refractivity contribution in [2.24, 2.45) is 11.8 Å². The summed E-state index contributed by atoms with van der Waals surface area (Å²) in [7, 11) is 1.79. The van der Waals surface area contributed by atoms with E-state index >= 15 is 0 Å². The maximum absolute atomic E-state index is 5.05. The smallest absolute Gasteiger partial charge is 0.0890 e. The molecular formula is C11H22NO+. The van der Waals surface area contributed by atoms with Gasteiger partial charge in [-0.2, -0.15) is 0 Å². The summed E-state index contributed by atoms with van der Waals surface area (Å²) in [6.45, 7) is 2.19. The van der Waals surface area contributed by atoms with E-state index in [1.165, 1.54) is 38.6 Å². The Hall–Kier alpha value is -0.0800. The molecule has 2 saturated carbocycles. The number of methoxy groups -OCH3 is 1. The van der Waals surface area contributed by atoms with Gasteiger partial charge in [0.25, 0.3) is 0 Å². The second kappa shape index (κ2) is 4.43. The predicted octanol–water partition coefficient (Wildman–Crippen LogP) is 0.775. The summed E-state index contributed by atoms with van der Waals surface area (Å²) < 4.78 is 5.05. The van der Waals surface area contributed by atoms with E-state index in [0.717, 1.165) is 24.5 Å². The minimum Gasteiger partial charge on any atom is -0.384 e. The van der Waals surface area contributed by atoms with Crippen molar-refractivity contribution >= 4 is 0 Å². The van der Waals surface area contributed by atoms with Crippen molar-refractivity contribution in [3.63, 3.8) is 0 Å². The molecule has 0 heterocycles.